The minimum Gasteiger partial charge on any atom is -0.481 e. The first-order chi connectivity index (χ1) is 70.3. The second-order valence-corrected chi connectivity index (χ2v) is 35.1. The molecule has 145 heavy (non-hydrogen) atoms. The number of carbonyl (C=O) groups is 4. The molecule has 0 spiro atoms. The van der Waals surface area contributed by atoms with Crippen molar-refractivity contribution in [2.45, 2.75) is 53.9 Å². The lowest BCUT2D eigenvalue weighted by atomic mass is 10.1. The van der Waals surface area contributed by atoms with Crippen molar-refractivity contribution in [2.24, 2.45) is 0 Å². The molecular weight excluding hydrogens is 1870 g/mol. The molecule has 21 rings (SSSR count). The molecule has 0 saturated carbocycles. The number of hydrogen-bond acceptors (Lipinski definition) is 21. The Hall–Kier alpha value is -17.2. The topological polar surface area (TPSA) is 294 Å². The molecule has 4 saturated heterocycles. The van der Waals surface area contributed by atoms with E-state index in [2.05, 4.69) is 64.5 Å². The number of nitrogens with zero attached hydrogens (tertiary/aromatic N) is 24. The molecule has 4 aliphatic heterocycles. The summed E-state index contributed by atoms with van der Waals surface area (Å²) in [5.74, 6) is 3.03. The third-order valence-corrected chi connectivity index (χ3v) is 25.6. The Morgan fingerprint density at radius 1 is 0.310 bits per heavy atom. The molecule has 4 aliphatic rings. The van der Waals surface area contributed by atoms with Gasteiger partial charge in [0.2, 0.25) is 35.5 Å². The largest absolute Gasteiger partial charge is 0.481 e. The van der Waals surface area contributed by atoms with E-state index in [0.29, 0.717) is 213 Å². The second kappa shape index (κ2) is 44.3. The molecule has 8 aromatic carbocycles. The molecule has 4 fully saturated rings. The number of rotatable bonds is 21. The van der Waals surface area contributed by atoms with E-state index in [9.17, 15) is 54.3 Å². The Morgan fingerprint density at radius 3 is 0.959 bits per heavy atom. The number of amides is 4. The Bertz CT molecular complexity index is 7240. The van der Waals surface area contributed by atoms with Crippen molar-refractivity contribution < 1.29 is 59.0 Å². The number of fused-ring (bicyclic) bond motifs is 1. The lowest BCUT2D eigenvalue weighted by Crippen LogP contribution is -2.50. The summed E-state index contributed by atoms with van der Waals surface area (Å²) in [5, 5.41) is 0. The van der Waals surface area contributed by atoms with Crippen molar-refractivity contribution in [1.82, 2.24) is 103 Å². The van der Waals surface area contributed by atoms with Gasteiger partial charge in [0.05, 0.1) is 36.2 Å². The van der Waals surface area contributed by atoms with Crippen LogP contribution in [0.25, 0.3) is 102 Å². The van der Waals surface area contributed by atoms with Gasteiger partial charge < -0.3 is 67.2 Å². The number of imidazole rings is 5. The number of methoxy groups -OCH3 is 1. The highest BCUT2D eigenvalue weighted by molar-refractivity contribution is 5.85. The van der Waals surface area contributed by atoms with Crippen LogP contribution in [0.15, 0.2) is 263 Å². The van der Waals surface area contributed by atoms with Gasteiger partial charge in [-0.05, 0) is 238 Å². The first-order valence-corrected chi connectivity index (χ1v) is 47.0. The number of anilines is 4. The van der Waals surface area contributed by atoms with Gasteiger partial charge in [0.1, 0.15) is 126 Å². The first-order valence-electron chi connectivity index (χ1n) is 47.0. The van der Waals surface area contributed by atoms with Crippen LogP contribution in [0.5, 0.6) is 5.88 Å². The number of carbonyl (C=O) groups excluding carboxylic acids is 4. The number of hydrogen-bond donors (Lipinski definition) is 1. The second-order valence-electron chi connectivity index (χ2n) is 35.1. The van der Waals surface area contributed by atoms with Gasteiger partial charge in [0.15, 0.2) is 11.5 Å². The maximum absolute atomic E-state index is 13.8. The number of pyridine rings is 1. The van der Waals surface area contributed by atoms with E-state index < -0.39 is 0 Å². The summed E-state index contributed by atoms with van der Waals surface area (Å²) in [6.07, 6.45) is 16.9. The van der Waals surface area contributed by atoms with E-state index >= 15 is 0 Å². The third-order valence-electron chi connectivity index (χ3n) is 25.6. The molecule has 9 aromatic heterocycles. The van der Waals surface area contributed by atoms with Crippen LogP contribution in [0.3, 0.4) is 0 Å². The predicted molar refractivity (Wildman–Crippen MR) is 533 cm³/mol. The molecule has 0 aliphatic carbocycles. The molecule has 0 unspecified atom stereocenters. The van der Waals surface area contributed by atoms with Crippen LogP contribution in [0.1, 0.15) is 22.3 Å². The average Bonchev–Trinajstić information content (AvgIpc) is 1.66. The number of H-pyrrole nitrogens is 1. The lowest BCUT2D eigenvalue weighted by molar-refractivity contribution is -0.132. The van der Waals surface area contributed by atoms with Crippen molar-refractivity contribution in [3.63, 3.8) is 0 Å². The highest BCUT2D eigenvalue weighted by Gasteiger charge is 2.31. The molecule has 0 radical (unpaired) electrons. The van der Waals surface area contributed by atoms with Gasteiger partial charge in [-0.1, -0.05) is 6.07 Å². The number of piperazine rings is 4. The zero-order valence-corrected chi connectivity index (χ0v) is 79.8. The Morgan fingerprint density at radius 2 is 0.628 bits per heavy atom. The minimum absolute atomic E-state index is 0.0201. The predicted octanol–water partition coefficient (Wildman–Crippen LogP) is 16.3. The van der Waals surface area contributed by atoms with Crippen LogP contribution in [0.4, 0.5) is 58.5 Å². The van der Waals surface area contributed by atoms with Gasteiger partial charge in [-0.3, -0.25) is 19.2 Å². The number of nitrogens with one attached hydrogen (secondary N) is 1. The van der Waals surface area contributed by atoms with Crippen LogP contribution in [-0.2, 0) is 45.4 Å². The molecule has 738 valence electrons. The quantitative estimate of drug-likeness (QED) is 0.0654. The van der Waals surface area contributed by atoms with Crippen molar-refractivity contribution in [1.29, 1.82) is 0 Å². The standard InChI is InChI=1S/C27H24F2N8O.C27H26F2N6O2.C27H25F2N5O.C26H24F2N6O/c1-17-12-19(4-7-21(17)29)22-13-37(26(34-22)18-2-5-20(28)6-3-18)14-23(38)35-8-10-36(11-9-35)27-24-25(31-15-30-24)32-16-33-27;1-18-13-20(5-8-22(18)29)23-15-35(27(32-23)19-3-6-21(28)7-4-19)16-26(36)34-11-9-33(10-12-34)24-14-25(37-2)31-17-30-24;1-19-16-21(7-10-23(19)29)24-17-34(27(31-24)20-5-8-22(28)9-6-20)18-26(35)33-14-12-32(13-15-33)25-4-2-3-11-30-25;1-18-15-20(5-8-22(18)28)23-16-34(25(31-23)19-3-6-21(27)7-4-19)17-24(35)32-11-13-33(14-12-32)26-29-9-2-10-30-26/h2-7,12-13,15-16H,8-11,14H2,1H3,(H,30,31,32,33);3-8,13-15,17H,9-12,16H2,1-2H3;2-11,16-17H,12-15,18H2,1H3;2-10,15-16H,11-14,17H2,1H3. The van der Waals surface area contributed by atoms with E-state index in [4.69, 9.17) is 24.7 Å². The Kier molecular flexibility index (Phi) is 29.9. The van der Waals surface area contributed by atoms with Crippen LogP contribution in [0.2, 0.25) is 0 Å². The van der Waals surface area contributed by atoms with Crippen LogP contribution in [0, 0.1) is 74.2 Å². The molecular formula is C107H99F8N25O5. The van der Waals surface area contributed by atoms with Gasteiger partial charge >= 0.3 is 0 Å². The molecule has 4 amide bonds. The minimum atomic E-state index is -0.355. The number of benzene rings is 8. The molecule has 38 heteroatoms. The van der Waals surface area contributed by atoms with Crippen LogP contribution in [-0.4, -0.2) is 238 Å². The van der Waals surface area contributed by atoms with Gasteiger partial charge in [0.25, 0.3) is 0 Å². The van der Waals surface area contributed by atoms with Gasteiger partial charge in [0, 0.05) is 199 Å². The van der Waals surface area contributed by atoms with Gasteiger partial charge in [-0.25, -0.2) is 94.9 Å². The fraction of sp³-hybridized carbons (Fsp3) is 0.234. The maximum Gasteiger partial charge on any atom is 0.242 e. The summed E-state index contributed by atoms with van der Waals surface area (Å²) < 4.78 is 122. The SMILES string of the molecule is COc1cc(N2CCN(C(=O)Cn3cc(-c4ccc(F)c(C)c4)nc3-c3ccc(F)cc3)CC2)ncn1.Cc1cc(-c2cn(CC(=O)N3CCN(c4ccccn4)CC3)c(-c3ccc(F)cc3)n2)ccc1F.Cc1cc(-c2cn(CC(=O)N3CCN(c4ncccn4)CC3)c(-c3ccc(F)cc3)n2)ccc1F.Cc1cc(-c2cn(CC(=O)N3CCN(c4ncnc5nc[nH]c45)CC3)c(-c3ccc(F)cc3)n2)ccc1F. The number of aromatic amines is 1. The Labute approximate surface area is 828 Å². The van der Waals surface area contributed by atoms with Crippen LogP contribution < -0.4 is 24.3 Å². The summed E-state index contributed by atoms with van der Waals surface area (Å²) >= 11 is 0. The number of aryl methyl sites for hydroxylation is 4. The number of halogens is 8. The maximum atomic E-state index is 13.8. The summed E-state index contributed by atoms with van der Waals surface area (Å²) in [5.41, 5.74) is 11.6. The molecule has 13 heterocycles. The summed E-state index contributed by atoms with van der Waals surface area (Å²) in [4.78, 5) is 125. The smallest absolute Gasteiger partial charge is 0.242 e. The average molecular weight is 1970 g/mol. The highest BCUT2D eigenvalue weighted by Crippen LogP contribution is 2.35. The molecule has 17 aromatic rings. The van der Waals surface area contributed by atoms with Gasteiger partial charge in [-0.15, -0.1) is 0 Å². The van der Waals surface area contributed by atoms with E-state index in [0.717, 1.165) is 45.2 Å². The Balaban J connectivity index is 0.000000127. The molecule has 0 bridgehead atoms. The lowest BCUT2D eigenvalue weighted by Gasteiger charge is -2.35. The van der Waals surface area contributed by atoms with Crippen molar-refractivity contribution >= 4 is 58.2 Å². The fourth-order valence-corrected chi connectivity index (χ4v) is 17.5. The van der Waals surface area contributed by atoms with Crippen LogP contribution >= 0.6 is 0 Å². The molecule has 30 nitrogen and oxygen atoms in total. The van der Waals surface area contributed by atoms with Crippen molar-refractivity contribution in [2.75, 3.05) is 131 Å². The summed E-state index contributed by atoms with van der Waals surface area (Å²) in [6, 6.07) is 52.5. The van der Waals surface area contributed by atoms with E-state index in [1.54, 1.807) is 212 Å². The van der Waals surface area contributed by atoms with Crippen molar-refractivity contribution in [3.8, 4) is 96.5 Å². The number of aromatic nitrogens is 17. The monoisotopic (exact) mass is 1970 g/mol. The summed E-state index contributed by atoms with van der Waals surface area (Å²) in [6.45, 7) is 16.7. The fourth-order valence-electron chi connectivity index (χ4n) is 17.5. The van der Waals surface area contributed by atoms with E-state index in [1.807, 2.05) is 37.8 Å². The van der Waals surface area contributed by atoms with Crippen molar-refractivity contribution in [3.05, 3.63) is 331 Å². The zero-order valence-electron chi connectivity index (χ0n) is 79.8. The third kappa shape index (κ3) is 23.3. The van der Waals surface area contributed by atoms with Gasteiger partial charge in [-0.2, -0.15) is 0 Å². The highest BCUT2D eigenvalue weighted by atomic mass is 19.2. The zero-order chi connectivity index (χ0) is 101. The number of ether oxygens (including phenoxy) is 1. The van der Waals surface area contributed by atoms with E-state index in [-0.39, 0.29) is 96.3 Å². The van der Waals surface area contributed by atoms with E-state index in [1.165, 1.54) is 85.5 Å². The molecule has 0 atom stereocenters. The molecule has 1 N–H and O–H groups in total. The normalized spacial score (nSPS) is 13.8. The summed E-state index contributed by atoms with van der Waals surface area (Å²) in [7, 11) is 1.56. The first kappa shape index (κ1) is 98.0.